The smallest absolute Gasteiger partial charge is 0.322 e. The average molecular weight is 541 g/mol. The molecule has 0 radical (unpaired) electrons. The number of aromatic nitrogens is 2. The van der Waals surface area contributed by atoms with E-state index in [1.54, 1.807) is 24.3 Å². The Morgan fingerprint density at radius 1 is 0.842 bits per heavy atom. The predicted octanol–water partition coefficient (Wildman–Crippen LogP) is 3.82. The third-order valence-electron chi connectivity index (χ3n) is 5.34. The molecule has 0 saturated heterocycles. The molecule has 13 heteroatoms. The summed E-state index contributed by atoms with van der Waals surface area (Å²) >= 11 is 0. The first-order chi connectivity index (χ1) is 18.3. The van der Waals surface area contributed by atoms with Crippen molar-refractivity contribution in [2.45, 2.75) is 4.90 Å². The zero-order valence-electron chi connectivity index (χ0n) is 20.8. The monoisotopic (exact) mass is 540 g/mol. The molecule has 0 bridgehead atoms. The summed E-state index contributed by atoms with van der Waals surface area (Å²) in [5.74, 6) is 1.06. The van der Waals surface area contributed by atoms with Gasteiger partial charge in [-0.15, -0.1) is 5.10 Å². The summed E-state index contributed by atoms with van der Waals surface area (Å²) in [5, 5.41) is 10.3. The minimum atomic E-state index is -3.99. The van der Waals surface area contributed by atoms with E-state index in [2.05, 4.69) is 20.2 Å². The van der Waals surface area contributed by atoms with Gasteiger partial charge in [-0.05, 0) is 48.5 Å². The van der Waals surface area contributed by atoms with Gasteiger partial charge < -0.3 is 23.4 Å². The average Bonchev–Trinajstić information content (AvgIpc) is 3.40. The first kappa shape index (κ1) is 26.3. The number of sulfonamides is 1. The summed E-state index contributed by atoms with van der Waals surface area (Å²) < 4.78 is 54.9. The van der Waals surface area contributed by atoms with Crippen molar-refractivity contribution >= 4 is 27.6 Å². The number of para-hydroxylation sites is 1. The van der Waals surface area contributed by atoms with Crippen molar-refractivity contribution in [3.05, 3.63) is 66.2 Å². The number of anilines is 2. The van der Waals surface area contributed by atoms with E-state index in [1.165, 1.54) is 64.8 Å². The zero-order valence-corrected chi connectivity index (χ0v) is 21.7. The van der Waals surface area contributed by atoms with Gasteiger partial charge in [0.15, 0.2) is 11.5 Å². The molecule has 0 spiro atoms. The highest BCUT2D eigenvalue weighted by molar-refractivity contribution is 7.92. The minimum Gasteiger partial charge on any atom is -0.497 e. The molecule has 0 saturated carbocycles. The normalized spacial score (nSPS) is 10.9. The topological polar surface area (TPSA) is 151 Å². The first-order valence-electron chi connectivity index (χ1n) is 11.0. The molecule has 4 rings (SSSR count). The first-order valence-corrected chi connectivity index (χ1v) is 12.5. The molecule has 4 aromatic rings. The molecule has 2 N–H and O–H groups in total. The fourth-order valence-electron chi connectivity index (χ4n) is 3.49. The highest BCUT2D eigenvalue weighted by atomic mass is 32.2. The second-order valence-corrected chi connectivity index (χ2v) is 9.29. The molecule has 0 aliphatic carbocycles. The fourth-order valence-corrected chi connectivity index (χ4v) is 4.57. The highest BCUT2D eigenvalue weighted by Crippen LogP contribution is 2.41. The van der Waals surface area contributed by atoms with Crippen LogP contribution in [0.5, 0.6) is 23.0 Å². The number of carbonyl (C=O) groups excluding carboxylic acids is 1. The lowest BCUT2D eigenvalue weighted by atomic mass is 10.2. The highest BCUT2D eigenvalue weighted by Gasteiger charge is 2.21. The molecular weight excluding hydrogens is 516 g/mol. The Bertz CT molecular complexity index is 1530. The van der Waals surface area contributed by atoms with Gasteiger partial charge in [0.2, 0.25) is 11.6 Å². The van der Waals surface area contributed by atoms with Crippen molar-refractivity contribution < 1.29 is 36.6 Å². The second-order valence-electron chi connectivity index (χ2n) is 7.61. The van der Waals surface area contributed by atoms with Crippen LogP contribution in [-0.4, -0.2) is 53.0 Å². The maximum Gasteiger partial charge on any atom is 0.322 e. The lowest BCUT2D eigenvalue weighted by molar-refractivity contribution is 0.102. The summed E-state index contributed by atoms with van der Waals surface area (Å²) in [6.45, 7) is 0. The van der Waals surface area contributed by atoms with Gasteiger partial charge in [0.05, 0.1) is 44.6 Å². The van der Waals surface area contributed by atoms with E-state index in [4.69, 9.17) is 23.4 Å². The molecule has 38 heavy (non-hydrogen) atoms. The Hall–Kier alpha value is -4.78. The molecule has 0 fully saturated rings. The molecule has 0 unspecified atom stereocenters. The number of benzene rings is 3. The zero-order chi connectivity index (χ0) is 27.3. The van der Waals surface area contributed by atoms with E-state index in [0.717, 1.165) is 0 Å². The number of ether oxygens (including phenoxy) is 4. The molecule has 0 aliphatic heterocycles. The Labute approximate surface area is 218 Å². The fraction of sp³-hybridized carbons (Fsp3) is 0.160. The summed E-state index contributed by atoms with van der Waals surface area (Å²) in [6, 6.07) is 15.0. The molecule has 198 valence electrons. The Balaban J connectivity index is 1.56. The van der Waals surface area contributed by atoms with Crippen LogP contribution < -0.4 is 29.0 Å². The van der Waals surface area contributed by atoms with Crippen molar-refractivity contribution in [2.24, 2.45) is 0 Å². The van der Waals surface area contributed by atoms with Crippen molar-refractivity contribution in [3.8, 4) is 34.5 Å². The van der Waals surface area contributed by atoms with Gasteiger partial charge in [-0.25, -0.2) is 8.42 Å². The van der Waals surface area contributed by atoms with Crippen LogP contribution in [0.15, 0.2) is 70.0 Å². The van der Waals surface area contributed by atoms with Gasteiger partial charge in [0.25, 0.3) is 15.9 Å². The maximum atomic E-state index is 13.0. The molecule has 12 nitrogen and oxygen atoms in total. The number of methoxy groups -OCH3 is 4. The van der Waals surface area contributed by atoms with Crippen LogP contribution >= 0.6 is 0 Å². The Morgan fingerprint density at radius 2 is 1.50 bits per heavy atom. The van der Waals surface area contributed by atoms with Gasteiger partial charge in [-0.1, -0.05) is 17.2 Å². The third-order valence-corrected chi connectivity index (χ3v) is 6.72. The van der Waals surface area contributed by atoms with Crippen LogP contribution in [0.3, 0.4) is 0 Å². The largest absolute Gasteiger partial charge is 0.497 e. The van der Waals surface area contributed by atoms with E-state index in [9.17, 15) is 13.2 Å². The van der Waals surface area contributed by atoms with Gasteiger partial charge >= 0.3 is 6.01 Å². The van der Waals surface area contributed by atoms with Crippen molar-refractivity contribution in [3.63, 3.8) is 0 Å². The van der Waals surface area contributed by atoms with E-state index in [-0.39, 0.29) is 28.1 Å². The van der Waals surface area contributed by atoms with Gasteiger partial charge in [0.1, 0.15) is 5.75 Å². The van der Waals surface area contributed by atoms with Crippen molar-refractivity contribution in [1.29, 1.82) is 0 Å². The van der Waals surface area contributed by atoms with Gasteiger partial charge in [-0.2, -0.15) is 0 Å². The third kappa shape index (κ3) is 5.47. The van der Waals surface area contributed by atoms with Crippen molar-refractivity contribution in [2.75, 3.05) is 38.5 Å². The van der Waals surface area contributed by atoms with Crippen LogP contribution in [0.25, 0.3) is 11.5 Å². The molecule has 1 heterocycles. The minimum absolute atomic E-state index is 0.000372. The Morgan fingerprint density at radius 3 is 2.11 bits per heavy atom. The van der Waals surface area contributed by atoms with E-state index >= 15 is 0 Å². The van der Waals surface area contributed by atoms with Crippen LogP contribution in [0.4, 0.5) is 11.7 Å². The quantitative estimate of drug-likeness (QED) is 0.304. The maximum absolute atomic E-state index is 13.0. The SMILES string of the molecule is COc1ccc(S(=O)(=O)Nc2ccccc2C(=O)Nc2nnc(-c3cc(OC)c(OC)c(OC)c3)o2)cc1. The van der Waals surface area contributed by atoms with E-state index in [0.29, 0.717) is 28.6 Å². The number of rotatable bonds is 10. The molecule has 1 aromatic heterocycles. The van der Waals surface area contributed by atoms with Crippen molar-refractivity contribution in [1.82, 2.24) is 10.2 Å². The van der Waals surface area contributed by atoms with Gasteiger partial charge in [-0.3, -0.25) is 14.8 Å². The molecule has 0 aliphatic rings. The summed E-state index contributed by atoms with van der Waals surface area (Å²) in [4.78, 5) is 13.0. The van der Waals surface area contributed by atoms with E-state index < -0.39 is 15.9 Å². The van der Waals surface area contributed by atoms with E-state index in [1.807, 2.05) is 0 Å². The molecule has 3 aromatic carbocycles. The number of hydrogen-bond acceptors (Lipinski definition) is 10. The predicted molar refractivity (Wildman–Crippen MR) is 138 cm³/mol. The number of nitrogens with zero attached hydrogens (tertiary/aromatic N) is 2. The number of nitrogens with one attached hydrogen (secondary N) is 2. The van der Waals surface area contributed by atoms with Crippen LogP contribution in [0.2, 0.25) is 0 Å². The summed E-state index contributed by atoms with van der Waals surface area (Å²) in [7, 11) is 1.92. The lowest BCUT2D eigenvalue weighted by Crippen LogP contribution is -2.18. The summed E-state index contributed by atoms with van der Waals surface area (Å²) in [5.41, 5.74) is 0.558. The number of carbonyl (C=O) groups is 1. The summed E-state index contributed by atoms with van der Waals surface area (Å²) in [6.07, 6.45) is 0. The van der Waals surface area contributed by atoms with Gasteiger partial charge in [0, 0.05) is 5.56 Å². The Kier molecular flexibility index (Phi) is 7.67. The molecule has 1 amide bonds. The van der Waals surface area contributed by atoms with Crippen LogP contribution in [-0.2, 0) is 10.0 Å². The van der Waals surface area contributed by atoms with Crippen LogP contribution in [0, 0.1) is 0 Å². The lowest BCUT2D eigenvalue weighted by Gasteiger charge is -2.13. The molecule has 0 atom stereocenters. The second kappa shape index (κ2) is 11.1. The molecular formula is C25H24N4O8S. The van der Waals surface area contributed by atoms with Crippen LogP contribution in [0.1, 0.15) is 10.4 Å². The number of hydrogen-bond donors (Lipinski definition) is 2. The standard InChI is InChI=1S/C25H24N4O8S/c1-33-16-9-11-17(12-10-16)38(31,32)29-19-8-6-5-7-18(19)23(30)26-25-28-27-24(37-25)15-13-20(34-2)22(36-4)21(14-15)35-3/h5-14,29H,1-4H3,(H,26,28,30). The number of amides is 1.